The molecule has 172 valence electrons. The van der Waals surface area contributed by atoms with Crippen LogP contribution in [-0.4, -0.2) is 33.8 Å². The molecule has 0 atom stereocenters. The third kappa shape index (κ3) is 6.20. The summed E-state index contributed by atoms with van der Waals surface area (Å²) in [5, 5.41) is 14.6. The van der Waals surface area contributed by atoms with Gasteiger partial charge >= 0.3 is 0 Å². The largest absolute Gasteiger partial charge is 0.497 e. The summed E-state index contributed by atoms with van der Waals surface area (Å²) in [7, 11) is -0.998. The van der Waals surface area contributed by atoms with Crippen molar-refractivity contribution in [2.24, 2.45) is 5.10 Å². The van der Waals surface area contributed by atoms with Crippen molar-refractivity contribution in [1.29, 1.82) is 0 Å². The average molecular weight is 471 g/mol. The second-order valence-corrected chi connectivity index (χ2v) is 8.32. The summed E-state index contributed by atoms with van der Waals surface area (Å²) < 4.78 is 41.1. The number of nitrogens with zero attached hydrogens (tertiary/aromatic N) is 2. The summed E-state index contributed by atoms with van der Waals surface area (Å²) in [4.78, 5) is 11.9. The molecular formula is C22H21N3O7S. The maximum Gasteiger partial charge on any atom is 0.276 e. The second-order valence-electron chi connectivity index (χ2n) is 6.66. The molecule has 11 heteroatoms. The van der Waals surface area contributed by atoms with Crippen LogP contribution in [0.1, 0.15) is 11.1 Å². The number of hydrogen-bond acceptors (Lipinski definition) is 8. The van der Waals surface area contributed by atoms with E-state index in [4.69, 9.17) is 14.2 Å². The van der Waals surface area contributed by atoms with Gasteiger partial charge in [0.15, 0.2) is 11.5 Å². The summed E-state index contributed by atoms with van der Waals surface area (Å²) in [5.41, 5.74) is 1.12. The predicted molar refractivity (Wildman–Crippen MR) is 121 cm³/mol. The van der Waals surface area contributed by atoms with Crippen LogP contribution in [0.2, 0.25) is 0 Å². The van der Waals surface area contributed by atoms with Gasteiger partial charge in [0, 0.05) is 12.1 Å². The van der Waals surface area contributed by atoms with Gasteiger partial charge in [0.05, 0.1) is 30.3 Å². The molecule has 3 aromatic carbocycles. The molecule has 10 nitrogen and oxygen atoms in total. The normalized spacial score (nSPS) is 11.2. The molecule has 0 spiro atoms. The average Bonchev–Trinajstić information content (AvgIpc) is 2.83. The van der Waals surface area contributed by atoms with E-state index < -0.39 is 14.9 Å². The van der Waals surface area contributed by atoms with Gasteiger partial charge in [-0.15, -0.1) is 0 Å². The van der Waals surface area contributed by atoms with Gasteiger partial charge in [0.2, 0.25) is 0 Å². The lowest BCUT2D eigenvalue weighted by atomic mass is 10.2. The Morgan fingerprint density at radius 1 is 1.00 bits per heavy atom. The number of nitro benzene ring substituents is 1. The highest BCUT2D eigenvalue weighted by atomic mass is 32.2. The first-order chi connectivity index (χ1) is 15.8. The van der Waals surface area contributed by atoms with E-state index in [1.807, 2.05) is 29.1 Å². The quantitative estimate of drug-likeness (QED) is 0.272. The van der Waals surface area contributed by atoms with Crippen molar-refractivity contribution in [2.45, 2.75) is 11.5 Å². The van der Waals surface area contributed by atoms with Crippen LogP contribution in [0.3, 0.4) is 0 Å². The standard InChI is InChI=1S/C22H21N3O7S/c1-30-19-7-3-5-17(11-19)15-32-21-10-9-16(12-22(21)31-2)14-23-24-33(28,29)20-8-4-6-18(13-20)25(26)27/h3-14,24H,15H2,1-2H3/b23-14+. The number of methoxy groups -OCH3 is 2. The number of nitro groups is 1. The maximum atomic E-state index is 12.3. The lowest BCUT2D eigenvalue weighted by Crippen LogP contribution is -2.18. The number of rotatable bonds is 10. The lowest BCUT2D eigenvalue weighted by Gasteiger charge is -2.12. The van der Waals surface area contributed by atoms with Crippen LogP contribution >= 0.6 is 0 Å². The number of non-ortho nitro benzene ring substituents is 1. The summed E-state index contributed by atoms with van der Waals surface area (Å²) in [6, 6.07) is 17.1. The van der Waals surface area contributed by atoms with E-state index >= 15 is 0 Å². The molecule has 0 aliphatic carbocycles. The number of sulfonamides is 1. The zero-order valence-corrected chi connectivity index (χ0v) is 18.6. The van der Waals surface area contributed by atoms with Crippen molar-refractivity contribution in [3.8, 4) is 17.2 Å². The summed E-state index contributed by atoms with van der Waals surface area (Å²) in [6.07, 6.45) is 1.28. The van der Waals surface area contributed by atoms with Crippen LogP contribution in [-0.2, 0) is 16.6 Å². The smallest absolute Gasteiger partial charge is 0.276 e. The van der Waals surface area contributed by atoms with E-state index in [0.717, 1.165) is 17.4 Å². The molecule has 0 aliphatic heterocycles. The molecular weight excluding hydrogens is 450 g/mol. The minimum atomic E-state index is -4.07. The molecule has 0 amide bonds. The molecule has 0 heterocycles. The van der Waals surface area contributed by atoms with Crippen molar-refractivity contribution in [3.63, 3.8) is 0 Å². The molecule has 0 radical (unpaired) electrons. The van der Waals surface area contributed by atoms with Crippen molar-refractivity contribution >= 4 is 21.9 Å². The fourth-order valence-corrected chi connectivity index (χ4v) is 3.62. The Kier molecular flexibility index (Phi) is 7.46. The van der Waals surface area contributed by atoms with Crippen molar-refractivity contribution in [3.05, 3.63) is 88.0 Å². The van der Waals surface area contributed by atoms with Gasteiger partial charge in [-0.05, 0) is 47.5 Å². The Morgan fingerprint density at radius 3 is 2.52 bits per heavy atom. The van der Waals surface area contributed by atoms with Crippen molar-refractivity contribution < 1.29 is 27.6 Å². The Labute approximate surface area is 190 Å². The van der Waals surface area contributed by atoms with E-state index in [2.05, 4.69) is 5.10 Å². The molecule has 0 aliphatic rings. The molecule has 3 rings (SSSR count). The van der Waals surface area contributed by atoms with Crippen molar-refractivity contribution in [2.75, 3.05) is 14.2 Å². The zero-order valence-electron chi connectivity index (χ0n) is 17.8. The van der Waals surface area contributed by atoms with Crippen LogP contribution in [0.5, 0.6) is 17.2 Å². The highest BCUT2D eigenvalue weighted by Crippen LogP contribution is 2.28. The fraction of sp³-hybridized carbons (Fsp3) is 0.136. The third-order valence-corrected chi connectivity index (χ3v) is 5.66. The maximum absolute atomic E-state index is 12.3. The third-order valence-electron chi connectivity index (χ3n) is 4.44. The second kappa shape index (κ2) is 10.5. The van der Waals surface area contributed by atoms with Crippen molar-refractivity contribution in [1.82, 2.24) is 4.83 Å². The fourth-order valence-electron chi connectivity index (χ4n) is 2.79. The Bertz CT molecular complexity index is 1280. The highest BCUT2D eigenvalue weighted by Gasteiger charge is 2.16. The predicted octanol–water partition coefficient (Wildman–Crippen LogP) is 3.50. The molecule has 0 saturated heterocycles. The van der Waals surface area contributed by atoms with Gasteiger partial charge in [0.25, 0.3) is 15.7 Å². The van der Waals surface area contributed by atoms with Crippen LogP contribution < -0.4 is 19.0 Å². The van der Waals surface area contributed by atoms with Gasteiger partial charge in [-0.25, -0.2) is 4.83 Å². The summed E-state index contributed by atoms with van der Waals surface area (Å²) in [5.74, 6) is 1.65. The van der Waals surface area contributed by atoms with Gasteiger partial charge in [-0.3, -0.25) is 10.1 Å². The Hall–Kier alpha value is -4.12. The molecule has 33 heavy (non-hydrogen) atoms. The number of nitrogens with one attached hydrogen (secondary N) is 1. The van der Waals surface area contributed by atoms with E-state index in [0.29, 0.717) is 23.7 Å². The molecule has 0 bridgehead atoms. The van der Waals surface area contributed by atoms with Crippen LogP contribution in [0.4, 0.5) is 5.69 Å². The Morgan fingerprint density at radius 2 is 1.79 bits per heavy atom. The Balaban J connectivity index is 1.68. The monoisotopic (exact) mass is 471 g/mol. The first-order valence-corrected chi connectivity index (χ1v) is 11.0. The van der Waals surface area contributed by atoms with E-state index in [1.54, 1.807) is 25.3 Å². The molecule has 0 aromatic heterocycles. The van der Waals surface area contributed by atoms with Gasteiger partial charge < -0.3 is 14.2 Å². The molecule has 0 fully saturated rings. The van der Waals surface area contributed by atoms with Crippen LogP contribution in [0, 0.1) is 10.1 Å². The highest BCUT2D eigenvalue weighted by molar-refractivity contribution is 7.89. The molecule has 0 unspecified atom stereocenters. The zero-order chi connectivity index (χ0) is 23.8. The van der Waals surface area contributed by atoms with Crippen LogP contribution in [0.15, 0.2) is 76.7 Å². The molecule has 3 aromatic rings. The van der Waals surface area contributed by atoms with Gasteiger partial charge in [-0.2, -0.15) is 13.5 Å². The van der Waals surface area contributed by atoms with E-state index in [9.17, 15) is 18.5 Å². The molecule has 0 saturated carbocycles. The number of benzene rings is 3. The SMILES string of the molecule is COc1cccc(COc2ccc(/C=N/NS(=O)(=O)c3cccc([N+](=O)[O-])c3)cc2OC)c1. The minimum Gasteiger partial charge on any atom is -0.497 e. The number of hydrazone groups is 1. The first kappa shape index (κ1) is 23.5. The molecule has 1 N–H and O–H groups in total. The lowest BCUT2D eigenvalue weighted by molar-refractivity contribution is -0.385. The van der Waals surface area contributed by atoms with E-state index in [1.165, 1.54) is 31.5 Å². The van der Waals surface area contributed by atoms with Gasteiger partial charge in [-0.1, -0.05) is 18.2 Å². The topological polar surface area (TPSA) is 129 Å². The summed E-state index contributed by atoms with van der Waals surface area (Å²) in [6.45, 7) is 0.296. The number of ether oxygens (including phenoxy) is 3. The summed E-state index contributed by atoms with van der Waals surface area (Å²) >= 11 is 0. The van der Waals surface area contributed by atoms with E-state index in [-0.39, 0.29) is 10.6 Å². The van der Waals surface area contributed by atoms with Gasteiger partial charge in [0.1, 0.15) is 12.4 Å². The van der Waals surface area contributed by atoms with Crippen LogP contribution in [0.25, 0.3) is 0 Å². The first-order valence-electron chi connectivity index (χ1n) is 9.55. The number of hydrogen-bond donors (Lipinski definition) is 1. The minimum absolute atomic E-state index is 0.271.